The van der Waals surface area contributed by atoms with Gasteiger partial charge in [0.2, 0.25) is 0 Å². The molecule has 0 radical (unpaired) electrons. The maximum Gasteiger partial charge on any atom is 0.126 e. The molecule has 0 saturated carbocycles. The first-order chi connectivity index (χ1) is 10.2. The number of nitriles is 1. The molecule has 2 aromatic rings. The van der Waals surface area contributed by atoms with Gasteiger partial charge in [0.05, 0.1) is 18.4 Å². The second-order valence-electron chi connectivity index (χ2n) is 4.30. The van der Waals surface area contributed by atoms with Gasteiger partial charge in [-0.2, -0.15) is 5.26 Å². The Hall–Kier alpha value is -2.67. The predicted octanol–water partition coefficient (Wildman–Crippen LogP) is 4.51. The Morgan fingerprint density at radius 2 is 1.90 bits per heavy atom. The van der Waals surface area contributed by atoms with Crippen LogP contribution in [0.25, 0.3) is 17.2 Å². The fraction of sp³-hybridized carbons (Fsp3) is 0.118. The molecule has 0 amide bonds. The summed E-state index contributed by atoms with van der Waals surface area (Å²) in [6, 6.07) is 10.4. The van der Waals surface area contributed by atoms with Crippen molar-refractivity contribution in [1.29, 1.82) is 5.26 Å². The standard InChI is InChI=1S/C17H13F2NO/c1-2-21-7-6-12-4-3-5-16(17(12)11-20)13-8-14(18)10-15(19)9-13/h3-10H,2H2,1H3/b7-6+. The second kappa shape index (κ2) is 6.67. The van der Waals surface area contributed by atoms with Crippen molar-refractivity contribution in [2.45, 2.75) is 6.92 Å². The molecule has 0 aliphatic heterocycles. The maximum atomic E-state index is 13.3. The fourth-order valence-corrected chi connectivity index (χ4v) is 2.00. The van der Waals surface area contributed by atoms with Crippen molar-refractivity contribution in [3.63, 3.8) is 0 Å². The Morgan fingerprint density at radius 1 is 1.19 bits per heavy atom. The zero-order valence-corrected chi connectivity index (χ0v) is 11.4. The molecule has 0 aliphatic rings. The highest BCUT2D eigenvalue weighted by Crippen LogP contribution is 2.28. The van der Waals surface area contributed by atoms with Gasteiger partial charge in [-0.1, -0.05) is 18.2 Å². The summed E-state index contributed by atoms with van der Waals surface area (Å²) in [5, 5.41) is 9.34. The Balaban J connectivity index is 2.54. The van der Waals surface area contributed by atoms with Gasteiger partial charge in [0.1, 0.15) is 17.7 Å². The Labute approximate surface area is 121 Å². The van der Waals surface area contributed by atoms with Crippen LogP contribution in [0.15, 0.2) is 42.7 Å². The molecule has 0 N–H and O–H groups in total. The molecule has 4 heteroatoms. The van der Waals surface area contributed by atoms with E-state index >= 15 is 0 Å². The third-order valence-corrected chi connectivity index (χ3v) is 2.89. The van der Waals surface area contributed by atoms with Gasteiger partial charge in [-0.05, 0) is 36.3 Å². The van der Waals surface area contributed by atoms with Crippen LogP contribution < -0.4 is 0 Å². The molecule has 0 bridgehead atoms. The van der Waals surface area contributed by atoms with E-state index in [1.54, 1.807) is 24.3 Å². The molecule has 0 heterocycles. The summed E-state index contributed by atoms with van der Waals surface area (Å²) < 4.78 is 31.8. The Morgan fingerprint density at radius 3 is 2.52 bits per heavy atom. The molecular weight excluding hydrogens is 272 g/mol. The molecule has 0 aromatic heterocycles. The van der Waals surface area contributed by atoms with Crippen molar-refractivity contribution in [3.05, 3.63) is 65.4 Å². The molecule has 21 heavy (non-hydrogen) atoms. The summed E-state index contributed by atoms with van der Waals surface area (Å²) in [4.78, 5) is 0. The van der Waals surface area contributed by atoms with Crippen molar-refractivity contribution in [2.24, 2.45) is 0 Å². The molecule has 0 spiro atoms. The summed E-state index contributed by atoms with van der Waals surface area (Å²) in [6.07, 6.45) is 3.15. The molecule has 2 nitrogen and oxygen atoms in total. The minimum Gasteiger partial charge on any atom is -0.501 e. The topological polar surface area (TPSA) is 33.0 Å². The van der Waals surface area contributed by atoms with Gasteiger partial charge in [0, 0.05) is 11.6 Å². The van der Waals surface area contributed by atoms with E-state index in [0.717, 1.165) is 6.07 Å². The van der Waals surface area contributed by atoms with Gasteiger partial charge in [0.25, 0.3) is 0 Å². The number of benzene rings is 2. The van der Waals surface area contributed by atoms with Gasteiger partial charge in [-0.15, -0.1) is 0 Å². The highest BCUT2D eigenvalue weighted by Gasteiger charge is 2.10. The zero-order chi connectivity index (χ0) is 15.2. The normalized spacial score (nSPS) is 10.6. The number of ether oxygens (including phenoxy) is 1. The van der Waals surface area contributed by atoms with Crippen LogP contribution in [0.2, 0.25) is 0 Å². The van der Waals surface area contributed by atoms with E-state index in [-0.39, 0.29) is 0 Å². The van der Waals surface area contributed by atoms with Gasteiger partial charge in [-0.3, -0.25) is 0 Å². The number of rotatable bonds is 4. The van der Waals surface area contributed by atoms with Crippen LogP contribution in [-0.4, -0.2) is 6.61 Å². The number of halogens is 2. The molecular formula is C17H13F2NO. The van der Waals surface area contributed by atoms with E-state index in [1.165, 1.54) is 18.4 Å². The lowest BCUT2D eigenvalue weighted by Gasteiger charge is -2.08. The Bertz CT molecular complexity index is 697. The predicted molar refractivity (Wildman–Crippen MR) is 77.2 cm³/mol. The van der Waals surface area contributed by atoms with Gasteiger partial charge >= 0.3 is 0 Å². The van der Waals surface area contributed by atoms with E-state index < -0.39 is 11.6 Å². The summed E-state index contributed by atoms with van der Waals surface area (Å²) in [7, 11) is 0. The minimum atomic E-state index is -0.677. The zero-order valence-electron chi connectivity index (χ0n) is 11.4. The SMILES string of the molecule is CCO/C=C/c1cccc(-c2cc(F)cc(F)c2)c1C#N. The average Bonchev–Trinajstić information content (AvgIpc) is 2.46. The quantitative estimate of drug-likeness (QED) is 0.774. The lowest BCUT2D eigenvalue weighted by molar-refractivity contribution is 0.272. The second-order valence-corrected chi connectivity index (χ2v) is 4.30. The van der Waals surface area contributed by atoms with Crippen LogP contribution in [-0.2, 0) is 4.74 Å². The smallest absolute Gasteiger partial charge is 0.126 e. The summed E-state index contributed by atoms with van der Waals surface area (Å²) in [6.45, 7) is 2.37. The van der Waals surface area contributed by atoms with Crippen LogP contribution in [0.1, 0.15) is 18.1 Å². The summed E-state index contributed by atoms with van der Waals surface area (Å²) in [5.41, 5.74) is 1.79. The van der Waals surface area contributed by atoms with Crippen molar-refractivity contribution in [1.82, 2.24) is 0 Å². The van der Waals surface area contributed by atoms with Crippen molar-refractivity contribution >= 4 is 6.08 Å². The molecule has 0 saturated heterocycles. The Kier molecular flexibility index (Phi) is 4.68. The highest BCUT2D eigenvalue weighted by molar-refractivity contribution is 5.76. The van der Waals surface area contributed by atoms with Gasteiger partial charge in [-0.25, -0.2) is 8.78 Å². The third kappa shape index (κ3) is 3.46. The molecule has 0 atom stereocenters. The first-order valence-electron chi connectivity index (χ1n) is 6.43. The summed E-state index contributed by atoms with van der Waals surface area (Å²) in [5.74, 6) is -1.35. The minimum absolute atomic E-state index is 0.329. The molecule has 106 valence electrons. The third-order valence-electron chi connectivity index (χ3n) is 2.89. The maximum absolute atomic E-state index is 13.3. The number of hydrogen-bond acceptors (Lipinski definition) is 2. The van der Waals surface area contributed by atoms with Crippen LogP contribution in [0.3, 0.4) is 0 Å². The van der Waals surface area contributed by atoms with Crippen LogP contribution in [0.4, 0.5) is 8.78 Å². The number of hydrogen-bond donors (Lipinski definition) is 0. The van der Waals surface area contributed by atoms with E-state index in [4.69, 9.17) is 4.74 Å². The van der Waals surface area contributed by atoms with Crippen molar-refractivity contribution in [2.75, 3.05) is 6.61 Å². The summed E-state index contributed by atoms with van der Waals surface area (Å²) >= 11 is 0. The first kappa shape index (κ1) is 14.7. The fourth-order valence-electron chi connectivity index (χ4n) is 2.00. The van der Waals surface area contributed by atoms with Crippen LogP contribution in [0.5, 0.6) is 0 Å². The van der Waals surface area contributed by atoms with Crippen molar-refractivity contribution < 1.29 is 13.5 Å². The molecule has 2 aromatic carbocycles. The van der Waals surface area contributed by atoms with Crippen molar-refractivity contribution in [3.8, 4) is 17.2 Å². The first-order valence-corrected chi connectivity index (χ1v) is 6.43. The lowest BCUT2D eigenvalue weighted by atomic mass is 9.96. The lowest BCUT2D eigenvalue weighted by Crippen LogP contribution is -1.91. The van der Waals surface area contributed by atoms with Crippen LogP contribution >= 0.6 is 0 Å². The molecule has 0 fully saturated rings. The van der Waals surface area contributed by atoms with Gasteiger partial charge < -0.3 is 4.74 Å². The molecule has 2 rings (SSSR count). The van der Waals surface area contributed by atoms with E-state index in [9.17, 15) is 14.0 Å². The molecule has 0 aliphatic carbocycles. The molecule has 0 unspecified atom stereocenters. The van der Waals surface area contributed by atoms with E-state index in [1.807, 2.05) is 6.92 Å². The monoisotopic (exact) mass is 285 g/mol. The van der Waals surface area contributed by atoms with Crippen LogP contribution in [0, 0.1) is 23.0 Å². The number of nitrogens with zero attached hydrogens (tertiary/aromatic N) is 1. The average molecular weight is 285 g/mol. The largest absolute Gasteiger partial charge is 0.501 e. The highest BCUT2D eigenvalue weighted by atomic mass is 19.1. The van der Waals surface area contributed by atoms with E-state index in [0.29, 0.717) is 28.9 Å². The van der Waals surface area contributed by atoms with Gasteiger partial charge in [0.15, 0.2) is 0 Å². The van der Waals surface area contributed by atoms with E-state index in [2.05, 4.69) is 6.07 Å².